The van der Waals surface area contributed by atoms with Crippen LogP contribution in [-0.4, -0.2) is 32.4 Å². The number of unbranched alkanes of at least 4 members (excludes halogenated alkanes) is 2. The lowest BCUT2D eigenvalue weighted by molar-refractivity contribution is 0.144. The number of ether oxygens (including phenoxy) is 1. The fourth-order valence-electron chi connectivity index (χ4n) is 1.67. The number of hydrogen-bond acceptors (Lipinski definition) is 4. The van der Waals surface area contributed by atoms with Crippen LogP contribution in [0, 0.1) is 0 Å². The highest BCUT2D eigenvalue weighted by atomic mass is 32.2. The van der Waals surface area contributed by atoms with Gasteiger partial charge in [0, 0.05) is 12.2 Å². The second kappa shape index (κ2) is 8.34. The van der Waals surface area contributed by atoms with Crippen molar-refractivity contribution in [2.24, 2.45) is 5.73 Å². The molecule has 0 saturated carbocycles. The Morgan fingerprint density at radius 2 is 1.85 bits per heavy atom. The fourth-order valence-corrected chi connectivity index (χ4v) is 2.93. The normalized spacial score (nSPS) is 11.4. The van der Waals surface area contributed by atoms with Gasteiger partial charge in [-0.15, -0.1) is 0 Å². The smallest absolute Gasteiger partial charge is 0.180 e. The van der Waals surface area contributed by atoms with Crippen molar-refractivity contribution in [1.82, 2.24) is 0 Å². The third-order valence-electron chi connectivity index (χ3n) is 2.89. The largest absolute Gasteiger partial charge is 0.389 e. The minimum atomic E-state index is -3.30. The third-order valence-corrected chi connectivity index (χ3v) is 4.82. The molecule has 0 fully saturated rings. The first-order valence-corrected chi connectivity index (χ1v) is 8.74. The van der Waals surface area contributed by atoms with Crippen molar-refractivity contribution in [1.29, 1.82) is 0 Å². The molecule has 1 rings (SSSR count). The SMILES string of the molecule is CCCCCOCCS(=O)(=O)c1ccc(C(N)=S)cc1. The molecular weight excluding hydrogens is 294 g/mol. The molecule has 112 valence electrons. The zero-order valence-electron chi connectivity index (χ0n) is 11.7. The highest BCUT2D eigenvalue weighted by molar-refractivity contribution is 7.91. The predicted molar refractivity (Wildman–Crippen MR) is 84.7 cm³/mol. The quantitative estimate of drug-likeness (QED) is 0.559. The van der Waals surface area contributed by atoms with Crippen LogP contribution in [0.2, 0.25) is 0 Å². The summed E-state index contributed by atoms with van der Waals surface area (Å²) in [4.78, 5) is 0.530. The van der Waals surface area contributed by atoms with Crippen LogP contribution < -0.4 is 5.73 Å². The third kappa shape index (κ3) is 5.56. The molecule has 0 bridgehead atoms. The number of rotatable bonds is 9. The molecule has 0 radical (unpaired) electrons. The van der Waals surface area contributed by atoms with Gasteiger partial charge < -0.3 is 10.5 Å². The van der Waals surface area contributed by atoms with E-state index in [0.717, 1.165) is 19.3 Å². The Kier molecular flexibility index (Phi) is 7.12. The lowest BCUT2D eigenvalue weighted by Gasteiger charge is -2.06. The molecule has 1 aromatic carbocycles. The molecule has 2 N–H and O–H groups in total. The first-order valence-electron chi connectivity index (χ1n) is 6.67. The van der Waals surface area contributed by atoms with Gasteiger partial charge in [0.2, 0.25) is 0 Å². The van der Waals surface area contributed by atoms with E-state index in [1.54, 1.807) is 12.1 Å². The van der Waals surface area contributed by atoms with Crippen molar-refractivity contribution in [3.63, 3.8) is 0 Å². The summed E-state index contributed by atoms with van der Waals surface area (Å²) in [5.41, 5.74) is 6.13. The van der Waals surface area contributed by atoms with Gasteiger partial charge in [-0.1, -0.05) is 44.1 Å². The minimum absolute atomic E-state index is 0.00839. The maximum Gasteiger partial charge on any atom is 0.180 e. The molecule has 6 heteroatoms. The maximum atomic E-state index is 12.1. The van der Waals surface area contributed by atoms with E-state index in [4.69, 9.17) is 22.7 Å². The summed E-state index contributed by atoms with van der Waals surface area (Å²) in [7, 11) is -3.30. The molecule has 0 aromatic heterocycles. The molecule has 0 unspecified atom stereocenters. The van der Waals surface area contributed by atoms with E-state index in [-0.39, 0.29) is 22.2 Å². The average Bonchev–Trinajstić information content (AvgIpc) is 2.43. The Morgan fingerprint density at radius 1 is 1.20 bits per heavy atom. The van der Waals surface area contributed by atoms with E-state index in [9.17, 15) is 8.42 Å². The summed E-state index contributed by atoms with van der Waals surface area (Å²) in [5, 5.41) is 0. The molecule has 0 saturated heterocycles. The van der Waals surface area contributed by atoms with Gasteiger partial charge in [0.25, 0.3) is 0 Å². The average molecular weight is 315 g/mol. The van der Waals surface area contributed by atoms with Gasteiger partial charge in [-0.25, -0.2) is 8.42 Å². The van der Waals surface area contributed by atoms with Gasteiger partial charge in [-0.3, -0.25) is 0 Å². The molecule has 0 aliphatic heterocycles. The number of sulfone groups is 1. The zero-order valence-corrected chi connectivity index (χ0v) is 13.3. The molecule has 0 heterocycles. The molecule has 0 atom stereocenters. The molecule has 0 aliphatic rings. The summed E-state index contributed by atoms with van der Waals surface area (Å²) < 4.78 is 29.5. The number of thiocarbonyl (C=S) groups is 1. The molecular formula is C14H21NO3S2. The van der Waals surface area contributed by atoms with E-state index < -0.39 is 9.84 Å². The van der Waals surface area contributed by atoms with Crippen LogP contribution in [0.25, 0.3) is 0 Å². The predicted octanol–water partition coefficient (Wildman–Crippen LogP) is 2.30. The van der Waals surface area contributed by atoms with Crippen LogP contribution >= 0.6 is 12.2 Å². The maximum absolute atomic E-state index is 12.1. The molecule has 0 spiro atoms. The van der Waals surface area contributed by atoms with Crippen LogP contribution in [0.5, 0.6) is 0 Å². The van der Waals surface area contributed by atoms with E-state index in [1.165, 1.54) is 12.1 Å². The minimum Gasteiger partial charge on any atom is -0.389 e. The van der Waals surface area contributed by atoms with Gasteiger partial charge in [0.05, 0.1) is 17.3 Å². The summed E-state index contributed by atoms with van der Waals surface area (Å²) in [6.07, 6.45) is 3.20. The number of hydrogen-bond donors (Lipinski definition) is 1. The van der Waals surface area contributed by atoms with Gasteiger partial charge in [0.1, 0.15) is 4.99 Å². The Labute approximate surface area is 126 Å². The summed E-state index contributed by atoms with van der Waals surface area (Å²) in [6, 6.07) is 6.30. The number of benzene rings is 1. The highest BCUT2D eigenvalue weighted by Crippen LogP contribution is 2.12. The molecule has 20 heavy (non-hydrogen) atoms. The fraction of sp³-hybridized carbons (Fsp3) is 0.500. The van der Waals surface area contributed by atoms with Gasteiger partial charge in [-0.05, 0) is 18.6 Å². The number of nitrogens with two attached hydrogens (primary N) is 1. The summed E-state index contributed by atoms with van der Waals surface area (Å²) in [5.74, 6) is -0.00839. The van der Waals surface area contributed by atoms with Crippen molar-refractivity contribution in [3.05, 3.63) is 29.8 Å². The van der Waals surface area contributed by atoms with Crippen LogP contribution in [0.3, 0.4) is 0 Å². The van der Waals surface area contributed by atoms with E-state index in [0.29, 0.717) is 12.2 Å². The molecule has 4 nitrogen and oxygen atoms in total. The first-order chi connectivity index (χ1) is 9.47. The molecule has 0 amide bonds. The van der Waals surface area contributed by atoms with Crippen molar-refractivity contribution in [2.75, 3.05) is 19.0 Å². The topological polar surface area (TPSA) is 69.4 Å². The second-order valence-electron chi connectivity index (χ2n) is 4.53. The van der Waals surface area contributed by atoms with Crippen molar-refractivity contribution in [2.45, 2.75) is 31.1 Å². The Morgan fingerprint density at radius 3 is 2.40 bits per heavy atom. The van der Waals surface area contributed by atoms with Crippen molar-refractivity contribution in [3.8, 4) is 0 Å². The second-order valence-corrected chi connectivity index (χ2v) is 7.08. The Balaban J connectivity index is 2.49. The van der Waals surface area contributed by atoms with Crippen molar-refractivity contribution < 1.29 is 13.2 Å². The summed E-state index contributed by atoms with van der Waals surface area (Å²) >= 11 is 4.83. The van der Waals surface area contributed by atoms with Crippen LogP contribution in [0.4, 0.5) is 0 Å². The van der Waals surface area contributed by atoms with E-state index in [1.807, 2.05) is 0 Å². The first kappa shape index (κ1) is 17.1. The van der Waals surface area contributed by atoms with Crippen molar-refractivity contribution >= 4 is 27.0 Å². The van der Waals surface area contributed by atoms with E-state index >= 15 is 0 Å². The Hall–Kier alpha value is -0.980. The van der Waals surface area contributed by atoms with Crippen LogP contribution in [-0.2, 0) is 14.6 Å². The van der Waals surface area contributed by atoms with E-state index in [2.05, 4.69) is 6.92 Å². The van der Waals surface area contributed by atoms with Crippen LogP contribution in [0.1, 0.15) is 31.7 Å². The summed E-state index contributed by atoms with van der Waals surface area (Å²) in [6.45, 7) is 2.95. The monoisotopic (exact) mass is 315 g/mol. The zero-order chi connectivity index (χ0) is 15.0. The molecule has 1 aromatic rings. The van der Waals surface area contributed by atoms with Gasteiger partial charge in [0.15, 0.2) is 9.84 Å². The lowest BCUT2D eigenvalue weighted by Crippen LogP contribution is -2.14. The van der Waals surface area contributed by atoms with Gasteiger partial charge >= 0.3 is 0 Å². The lowest BCUT2D eigenvalue weighted by atomic mass is 10.2. The Bertz CT molecular complexity index is 524. The highest BCUT2D eigenvalue weighted by Gasteiger charge is 2.14. The van der Waals surface area contributed by atoms with Gasteiger partial charge in [-0.2, -0.15) is 0 Å². The standard InChI is InChI=1S/C14H21NO3S2/c1-2-3-4-9-18-10-11-20(16,17)13-7-5-12(6-8-13)14(15)19/h5-8H,2-4,9-11H2,1H3,(H2,15,19). The molecule has 0 aliphatic carbocycles. The van der Waals surface area contributed by atoms with Crippen LogP contribution in [0.15, 0.2) is 29.2 Å².